The van der Waals surface area contributed by atoms with Crippen molar-refractivity contribution >= 4 is 11.0 Å². The quantitative estimate of drug-likeness (QED) is 0.735. The molecule has 0 bridgehead atoms. The normalized spacial score (nSPS) is 12.8. The van der Waals surface area contributed by atoms with Crippen molar-refractivity contribution in [3.63, 3.8) is 0 Å². The summed E-state index contributed by atoms with van der Waals surface area (Å²) < 4.78 is 5.78. The van der Waals surface area contributed by atoms with Gasteiger partial charge in [-0.2, -0.15) is 0 Å². The minimum Gasteiger partial charge on any atom is -0.461 e. The van der Waals surface area contributed by atoms with Gasteiger partial charge >= 0.3 is 0 Å². The summed E-state index contributed by atoms with van der Waals surface area (Å²) in [5.74, 6) is 0.779. The number of furan rings is 1. The van der Waals surface area contributed by atoms with Crippen LogP contribution in [0.5, 0.6) is 0 Å². The molecule has 0 radical (unpaired) electrons. The molecule has 0 fully saturated rings. The van der Waals surface area contributed by atoms with E-state index in [1.807, 2.05) is 38.1 Å². The zero-order chi connectivity index (χ0) is 15.1. The zero-order valence-corrected chi connectivity index (χ0v) is 12.9. The lowest BCUT2D eigenvalue weighted by Gasteiger charge is -2.16. The fourth-order valence-electron chi connectivity index (χ4n) is 2.96. The standard InChI is InChI=1S/C19H20O2/c1-11-9-13(3)16(10-12(11)2)19(20)18-14(4)21-17-8-6-5-7-15(17)18/h5-10,19-20H,1-4H3. The van der Waals surface area contributed by atoms with Gasteiger partial charge in [0, 0.05) is 10.9 Å². The van der Waals surface area contributed by atoms with E-state index >= 15 is 0 Å². The molecule has 0 saturated carbocycles. The van der Waals surface area contributed by atoms with Crippen LogP contribution in [0.4, 0.5) is 0 Å². The maximum atomic E-state index is 10.9. The molecule has 108 valence electrons. The number of aliphatic hydroxyl groups excluding tert-OH is 1. The number of fused-ring (bicyclic) bond motifs is 1. The molecular formula is C19H20O2. The Hall–Kier alpha value is -2.06. The topological polar surface area (TPSA) is 33.4 Å². The van der Waals surface area contributed by atoms with Gasteiger partial charge in [-0.15, -0.1) is 0 Å². The third kappa shape index (κ3) is 2.26. The summed E-state index contributed by atoms with van der Waals surface area (Å²) in [5, 5.41) is 11.9. The maximum absolute atomic E-state index is 10.9. The van der Waals surface area contributed by atoms with E-state index in [-0.39, 0.29) is 0 Å². The highest BCUT2D eigenvalue weighted by atomic mass is 16.3. The second-order valence-electron chi connectivity index (χ2n) is 5.76. The highest BCUT2D eigenvalue weighted by molar-refractivity contribution is 5.83. The second-order valence-corrected chi connectivity index (χ2v) is 5.76. The molecule has 2 aromatic carbocycles. The number of hydrogen-bond donors (Lipinski definition) is 1. The van der Waals surface area contributed by atoms with Gasteiger partial charge in [-0.05, 0) is 56.0 Å². The summed E-state index contributed by atoms with van der Waals surface area (Å²) in [6, 6.07) is 12.1. The number of aryl methyl sites for hydroxylation is 4. The molecule has 1 atom stereocenters. The fraction of sp³-hybridized carbons (Fsp3) is 0.263. The van der Waals surface area contributed by atoms with E-state index in [1.54, 1.807) is 0 Å². The molecule has 0 aliphatic heterocycles. The van der Waals surface area contributed by atoms with E-state index < -0.39 is 6.10 Å². The summed E-state index contributed by atoms with van der Waals surface area (Å²) >= 11 is 0. The SMILES string of the molecule is Cc1cc(C)c(C(O)c2c(C)oc3ccccc23)cc1C. The summed E-state index contributed by atoms with van der Waals surface area (Å²) in [6.07, 6.45) is -0.659. The lowest BCUT2D eigenvalue weighted by molar-refractivity contribution is 0.218. The first kappa shape index (κ1) is 13.9. The van der Waals surface area contributed by atoms with Crippen LogP contribution in [0.1, 0.15) is 39.7 Å². The first-order valence-corrected chi connectivity index (χ1v) is 7.23. The predicted molar refractivity (Wildman–Crippen MR) is 85.7 cm³/mol. The van der Waals surface area contributed by atoms with Crippen LogP contribution in [0.3, 0.4) is 0 Å². The Morgan fingerprint density at radius 1 is 0.905 bits per heavy atom. The molecular weight excluding hydrogens is 260 g/mol. The monoisotopic (exact) mass is 280 g/mol. The van der Waals surface area contributed by atoms with Crippen LogP contribution in [0, 0.1) is 27.7 Å². The molecule has 21 heavy (non-hydrogen) atoms. The van der Waals surface area contributed by atoms with E-state index in [0.717, 1.165) is 33.4 Å². The van der Waals surface area contributed by atoms with Gasteiger partial charge in [0.15, 0.2) is 0 Å². The van der Waals surface area contributed by atoms with Crippen molar-refractivity contribution in [2.24, 2.45) is 0 Å². The molecule has 1 unspecified atom stereocenters. The molecule has 0 spiro atoms. The summed E-state index contributed by atoms with van der Waals surface area (Å²) in [4.78, 5) is 0. The van der Waals surface area contributed by atoms with E-state index in [2.05, 4.69) is 26.0 Å². The maximum Gasteiger partial charge on any atom is 0.134 e. The molecule has 0 saturated heterocycles. The Balaban J connectivity index is 2.19. The van der Waals surface area contributed by atoms with E-state index in [9.17, 15) is 5.11 Å². The number of hydrogen-bond acceptors (Lipinski definition) is 2. The van der Waals surface area contributed by atoms with E-state index in [1.165, 1.54) is 11.1 Å². The van der Waals surface area contributed by atoms with Crippen LogP contribution in [-0.2, 0) is 0 Å². The average molecular weight is 280 g/mol. The number of aliphatic hydroxyl groups is 1. The van der Waals surface area contributed by atoms with Gasteiger partial charge in [0.05, 0.1) is 0 Å². The molecule has 0 aliphatic carbocycles. The Bertz CT molecular complexity index is 812. The Morgan fingerprint density at radius 2 is 1.57 bits per heavy atom. The third-order valence-electron chi connectivity index (χ3n) is 4.27. The van der Waals surface area contributed by atoms with Gasteiger partial charge in [0.25, 0.3) is 0 Å². The minimum absolute atomic E-state index is 0.659. The van der Waals surface area contributed by atoms with Crippen molar-refractivity contribution < 1.29 is 9.52 Å². The number of benzene rings is 2. The molecule has 1 heterocycles. The van der Waals surface area contributed by atoms with Gasteiger partial charge < -0.3 is 9.52 Å². The number of para-hydroxylation sites is 1. The number of rotatable bonds is 2. The molecule has 1 aromatic heterocycles. The fourth-order valence-corrected chi connectivity index (χ4v) is 2.96. The highest BCUT2D eigenvalue weighted by Gasteiger charge is 2.21. The van der Waals surface area contributed by atoms with Crippen LogP contribution in [-0.4, -0.2) is 5.11 Å². The third-order valence-corrected chi connectivity index (χ3v) is 4.27. The van der Waals surface area contributed by atoms with Crippen LogP contribution in [0.15, 0.2) is 40.8 Å². The van der Waals surface area contributed by atoms with Crippen LogP contribution in [0.25, 0.3) is 11.0 Å². The highest BCUT2D eigenvalue weighted by Crippen LogP contribution is 2.35. The lowest BCUT2D eigenvalue weighted by Crippen LogP contribution is -2.04. The molecule has 3 aromatic rings. The van der Waals surface area contributed by atoms with Crippen LogP contribution < -0.4 is 0 Å². The van der Waals surface area contributed by atoms with Gasteiger partial charge in [0.2, 0.25) is 0 Å². The molecule has 1 N–H and O–H groups in total. The van der Waals surface area contributed by atoms with Crippen molar-refractivity contribution in [2.45, 2.75) is 33.8 Å². The smallest absolute Gasteiger partial charge is 0.134 e. The molecule has 3 rings (SSSR count). The molecule has 0 amide bonds. The second kappa shape index (κ2) is 5.05. The Kier molecular flexibility index (Phi) is 3.34. The van der Waals surface area contributed by atoms with E-state index in [0.29, 0.717) is 0 Å². The lowest BCUT2D eigenvalue weighted by atomic mass is 9.92. The van der Waals surface area contributed by atoms with Crippen LogP contribution >= 0.6 is 0 Å². The first-order chi connectivity index (χ1) is 9.99. The summed E-state index contributed by atoms with van der Waals surface area (Å²) in [6.45, 7) is 8.12. The zero-order valence-electron chi connectivity index (χ0n) is 12.9. The summed E-state index contributed by atoms with van der Waals surface area (Å²) in [5.41, 5.74) is 6.20. The molecule has 2 heteroatoms. The van der Waals surface area contributed by atoms with Crippen LogP contribution in [0.2, 0.25) is 0 Å². The minimum atomic E-state index is -0.659. The van der Waals surface area contributed by atoms with Crippen molar-refractivity contribution in [2.75, 3.05) is 0 Å². The summed E-state index contributed by atoms with van der Waals surface area (Å²) in [7, 11) is 0. The molecule has 2 nitrogen and oxygen atoms in total. The average Bonchev–Trinajstić information content (AvgIpc) is 2.78. The van der Waals surface area contributed by atoms with Crippen molar-refractivity contribution in [1.29, 1.82) is 0 Å². The van der Waals surface area contributed by atoms with E-state index in [4.69, 9.17) is 4.42 Å². The molecule has 0 aliphatic rings. The van der Waals surface area contributed by atoms with Crippen molar-refractivity contribution in [1.82, 2.24) is 0 Å². The predicted octanol–water partition coefficient (Wildman–Crippen LogP) is 4.75. The Morgan fingerprint density at radius 3 is 2.33 bits per heavy atom. The Labute approximate surface area is 125 Å². The largest absolute Gasteiger partial charge is 0.461 e. The van der Waals surface area contributed by atoms with Gasteiger partial charge in [0.1, 0.15) is 17.4 Å². The van der Waals surface area contributed by atoms with Gasteiger partial charge in [-0.3, -0.25) is 0 Å². The first-order valence-electron chi connectivity index (χ1n) is 7.23. The van der Waals surface area contributed by atoms with Crippen molar-refractivity contribution in [3.8, 4) is 0 Å². The van der Waals surface area contributed by atoms with Gasteiger partial charge in [-0.1, -0.05) is 30.3 Å². The van der Waals surface area contributed by atoms with Gasteiger partial charge in [-0.25, -0.2) is 0 Å². The van der Waals surface area contributed by atoms with Crippen molar-refractivity contribution in [3.05, 3.63) is 70.0 Å².